The summed E-state index contributed by atoms with van der Waals surface area (Å²) in [5, 5.41) is 14.3. The van der Waals surface area contributed by atoms with Crippen LogP contribution in [-0.2, 0) is 9.84 Å². The van der Waals surface area contributed by atoms with Crippen molar-refractivity contribution in [1.29, 1.82) is 0 Å². The third-order valence-corrected chi connectivity index (χ3v) is 4.40. The van der Waals surface area contributed by atoms with E-state index in [-0.39, 0.29) is 17.2 Å². The molecule has 20 heavy (non-hydrogen) atoms. The van der Waals surface area contributed by atoms with Crippen LogP contribution < -0.4 is 5.32 Å². The first-order valence-corrected chi connectivity index (χ1v) is 7.39. The Kier molecular flexibility index (Phi) is 5.36. The van der Waals surface area contributed by atoms with Crippen molar-refractivity contribution in [3.05, 3.63) is 40.3 Å². The van der Waals surface area contributed by atoms with Gasteiger partial charge in [0, 0.05) is 4.91 Å². The molecule has 0 saturated heterocycles. The molecule has 0 heterocycles. The SMILES string of the molecule is CCS(=O)(=O)c1ccc([C@H](CN=[N+]=[N-])NC(=O)O)cc1. The summed E-state index contributed by atoms with van der Waals surface area (Å²) >= 11 is 0. The first kappa shape index (κ1) is 15.8. The van der Waals surface area contributed by atoms with Gasteiger partial charge in [-0.05, 0) is 23.2 Å². The maximum absolute atomic E-state index is 11.7. The minimum absolute atomic E-state index is 0.0120. The van der Waals surface area contributed by atoms with Gasteiger partial charge in [0.15, 0.2) is 9.84 Å². The highest BCUT2D eigenvalue weighted by Gasteiger charge is 2.15. The van der Waals surface area contributed by atoms with Gasteiger partial charge >= 0.3 is 6.09 Å². The maximum atomic E-state index is 11.7. The Bertz CT molecular complexity index is 616. The Labute approximate surface area is 116 Å². The summed E-state index contributed by atoms with van der Waals surface area (Å²) in [5.41, 5.74) is 8.81. The molecule has 2 N–H and O–H groups in total. The predicted molar refractivity (Wildman–Crippen MR) is 72.1 cm³/mol. The molecule has 0 aliphatic carbocycles. The van der Waals surface area contributed by atoms with E-state index in [0.717, 1.165) is 0 Å². The minimum Gasteiger partial charge on any atom is -0.465 e. The molecule has 1 aromatic carbocycles. The lowest BCUT2D eigenvalue weighted by atomic mass is 10.1. The first-order chi connectivity index (χ1) is 9.40. The highest BCUT2D eigenvalue weighted by Crippen LogP contribution is 2.18. The van der Waals surface area contributed by atoms with Crippen LogP contribution in [0.2, 0.25) is 0 Å². The summed E-state index contributed by atoms with van der Waals surface area (Å²) in [4.78, 5) is 13.4. The van der Waals surface area contributed by atoms with E-state index in [1.165, 1.54) is 24.3 Å². The number of carbonyl (C=O) groups is 1. The van der Waals surface area contributed by atoms with Crippen LogP contribution in [0, 0.1) is 0 Å². The summed E-state index contributed by atoms with van der Waals surface area (Å²) < 4.78 is 23.3. The summed E-state index contributed by atoms with van der Waals surface area (Å²) in [6, 6.07) is 5.08. The van der Waals surface area contributed by atoms with E-state index in [2.05, 4.69) is 15.3 Å². The molecular weight excluding hydrogens is 284 g/mol. The number of carboxylic acid groups (broad SMARTS) is 1. The van der Waals surface area contributed by atoms with Gasteiger partial charge < -0.3 is 10.4 Å². The molecule has 1 aromatic rings. The lowest BCUT2D eigenvalue weighted by Crippen LogP contribution is -2.28. The molecule has 0 aliphatic heterocycles. The zero-order valence-corrected chi connectivity index (χ0v) is 11.5. The number of amides is 1. The summed E-state index contributed by atoms with van der Waals surface area (Å²) in [6.45, 7) is 1.45. The van der Waals surface area contributed by atoms with Crippen molar-refractivity contribution in [3.8, 4) is 0 Å². The topological polar surface area (TPSA) is 132 Å². The van der Waals surface area contributed by atoms with Crippen molar-refractivity contribution in [2.24, 2.45) is 5.11 Å². The second kappa shape index (κ2) is 6.78. The molecule has 0 radical (unpaired) electrons. The number of benzene rings is 1. The van der Waals surface area contributed by atoms with E-state index >= 15 is 0 Å². The minimum atomic E-state index is -3.30. The van der Waals surface area contributed by atoms with Gasteiger partial charge in [0.25, 0.3) is 0 Å². The molecule has 0 bridgehead atoms. The molecular formula is C11H14N4O4S. The first-order valence-electron chi connectivity index (χ1n) is 5.73. The fraction of sp³-hybridized carbons (Fsp3) is 0.364. The van der Waals surface area contributed by atoms with Crippen molar-refractivity contribution in [1.82, 2.24) is 5.32 Å². The van der Waals surface area contributed by atoms with E-state index in [9.17, 15) is 13.2 Å². The van der Waals surface area contributed by atoms with E-state index in [1.807, 2.05) is 0 Å². The quantitative estimate of drug-likeness (QED) is 0.472. The number of hydrogen-bond acceptors (Lipinski definition) is 4. The number of hydrogen-bond donors (Lipinski definition) is 2. The van der Waals surface area contributed by atoms with Crippen LogP contribution in [0.4, 0.5) is 4.79 Å². The fourth-order valence-corrected chi connectivity index (χ4v) is 2.46. The van der Waals surface area contributed by atoms with Gasteiger partial charge in [-0.25, -0.2) is 13.2 Å². The standard InChI is InChI=1S/C11H14N4O4S/c1-2-20(18,19)9-5-3-8(4-6-9)10(7-13-15-12)14-11(16)17/h3-6,10,14H,2,7H2,1H3,(H,16,17)/t10-/m0/s1. The molecule has 0 saturated carbocycles. The van der Waals surface area contributed by atoms with Gasteiger partial charge in [-0.1, -0.05) is 24.2 Å². The Morgan fingerprint density at radius 3 is 2.50 bits per heavy atom. The van der Waals surface area contributed by atoms with Crippen LogP contribution in [-0.4, -0.2) is 31.9 Å². The van der Waals surface area contributed by atoms with Crippen LogP contribution in [0.15, 0.2) is 34.3 Å². The van der Waals surface area contributed by atoms with Crippen molar-refractivity contribution in [2.75, 3.05) is 12.3 Å². The van der Waals surface area contributed by atoms with Gasteiger partial charge in [-0.15, -0.1) is 0 Å². The molecule has 0 fully saturated rings. The molecule has 1 rings (SSSR count). The van der Waals surface area contributed by atoms with Crippen molar-refractivity contribution in [2.45, 2.75) is 17.9 Å². The van der Waals surface area contributed by atoms with Crippen LogP contribution in [0.1, 0.15) is 18.5 Å². The number of nitrogens with one attached hydrogen (secondary N) is 1. The molecule has 1 atom stereocenters. The van der Waals surface area contributed by atoms with Crippen molar-refractivity contribution in [3.63, 3.8) is 0 Å². The summed E-state index contributed by atoms with van der Waals surface area (Å²) in [6.07, 6.45) is -1.26. The molecule has 0 aromatic heterocycles. The van der Waals surface area contributed by atoms with E-state index in [4.69, 9.17) is 10.6 Å². The van der Waals surface area contributed by atoms with Crippen LogP contribution >= 0.6 is 0 Å². The highest BCUT2D eigenvalue weighted by atomic mass is 32.2. The van der Waals surface area contributed by atoms with Crippen molar-refractivity contribution < 1.29 is 18.3 Å². The Morgan fingerprint density at radius 2 is 2.05 bits per heavy atom. The van der Waals surface area contributed by atoms with E-state index in [0.29, 0.717) is 5.56 Å². The van der Waals surface area contributed by atoms with Gasteiger partial charge in [0.2, 0.25) is 0 Å². The van der Waals surface area contributed by atoms with E-state index in [1.54, 1.807) is 6.92 Å². The summed E-state index contributed by atoms with van der Waals surface area (Å²) in [5.74, 6) is -0.0120. The van der Waals surface area contributed by atoms with Gasteiger partial charge in [-0.3, -0.25) is 0 Å². The monoisotopic (exact) mass is 298 g/mol. The Balaban J connectivity index is 3.04. The fourth-order valence-electron chi connectivity index (χ4n) is 1.58. The third kappa shape index (κ3) is 4.15. The predicted octanol–water partition coefficient (Wildman–Crippen LogP) is 2.10. The number of rotatable bonds is 6. The number of sulfone groups is 1. The molecule has 1 amide bonds. The van der Waals surface area contributed by atoms with Gasteiger partial charge in [-0.2, -0.15) is 0 Å². The normalized spacial score (nSPS) is 12.2. The summed E-state index contributed by atoms with van der Waals surface area (Å²) in [7, 11) is -3.30. The van der Waals surface area contributed by atoms with Crippen LogP contribution in [0.25, 0.3) is 10.4 Å². The van der Waals surface area contributed by atoms with Gasteiger partial charge in [0.1, 0.15) is 0 Å². The Hall–Kier alpha value is -2.25. The zero-order chi connectivity index (χ0) is 15.2. The Morgan fingerprint density at radius 1 is 1.45 bits per heavy atom. The molecule has 9 heteroatoms. The largest absolute Gasteiger partial charge is 0.465 e. The van der Waals surface area contributed by atoms with Crippen LogP contribution in [0.5, 0.6) is 0 Å². The molecule has 8 nitrogen and oxygen atoms in total. The highest BCUT2D eigenvalue weighted by molar-refractivity contribution is 7.91. The maximum Gasteiger partial charge on any atom is 0.405 e. The molecule has 0 spiro atoms. The molecule has 0 unspecified atom stereocenters. The number of azide groups is 1. The van der Waals surface area contributed by atoms with Gasteiger partial charge in [0.05, 0.1) is 23.2 Å². The second-order valence-corrected chi connectivity index (χ2v) is 6.17. The molecule has 0 aliphatic rings. The van der Waals surface area contributed by atoms with Crippen LogP contribution in [0.3, 0.4) is 0 Å². The lowest BCUT2D eigenvalue weighted by molar-refractivity contribution is 0.190. The smallest absolute Gasteiger partial charge is 0.405 e. The zero-order valence-electron chi connectivity index (χ0n) is 10.7. The molecule has 108 valence electrons. The van der Waals surface area contributed by atoms with E-state index < -0.39 is 22.0 Å². The van der Waals surface area contributed by atoms with Crippen molar-refractivity contribution >= 4 is 15.9 Å². The number of nitrogens with zero attached hydrogens (tertiary/aromatic N) is 3. The average Bonchev–Trinajstić information content (AvgIpc) is 2.43. The average molecular weight is 298 g/mol. The third-order valence-electron chi connectivity index (χ3n) is 2.65. The lowest BCUT2D eigenvalue weighted by Gasteiger charge is -2.15. The second-order valence-electron chi connectivity index (χ2n) is 3.89.